The average Bonchev–Trinajstić information content (AvgIpc) is 3.34. The summed E-state index contributed by atoms with van der Waals surface area (Å²) in [5.41, 5.74) is 0. The summed E-state index contributed by atoms with van der Waals surface area (Å²) in [6.45, 7) is 6.17. The maximum Gasteiger partial charge on any atom is 0.226 e. The highest BCUT2D eigenvalue weighted by atomic mass is 16.5. The van der Waals surface area contributed by atoms with Gasteiger partial charge in [-0.2, -0.15) is 4.98 Å². The number of carbonyl (C=O) groups is 1. The van der Waals surface area contributed by atoms with E-state index in [0.29, 0.717) is 17.7 Å². The molecular weight excluding hydrogens is 344 g/mol. The second-order valence-electron chi connectivity index (χ2n) is 7.86. The van der Waals surface area contributed by atoms with Crippen LogP contribution >= 0.6 is 0 Å². The van der Waals surface area contributed by atoms with Crippen LogP contribution in [0.5, 0.6) is 0 Å². The molecule has 7 nitrogen and oxygen atoms in total. The normalized spacial score (nSPS) is 22.3. The molecule has 2 aromatic rings. The molecule has 2 fully saturated rings. The number of amides is 1. The SMILES string of the molecule is Cc1nc(CC2CCN(C(=O)C3CCCN(Cc4ccco4)C3)CC2)no1. The van der Waals surface area contributed by atoms with Gasteiger partial charge in [-0.1, -0.05) is 5.16 Å². The number of rotatable bonds is 5. The Balaban J connectivity index is 1.26. The summed E-state index contributed by atoms with van der Waals surface area (Å²) in [7, 11) is 0. The molecule has 0 radical (unpaired) electrons. The molecule has 2 saturated heterocycles. The van der Waals surface area contributed by atoms with Gasteiger partial charge in [-0.15, -0.1) is 0 Å². The van der Waals surface area contributed by atoms with Gasteiger partial charge in [-0.3, -0.25) is 9.69 Å². The number of carbonyl (C=O) groups excluding carboxylic acids is 1. The summed E-state index contributed by atoms with van der Waals surface area (Å²) >= 11 is 0. The van der Waals surface area contributed by atoms with Crippen molar-refractivity contribution < 1.29 is 13.7 Å². The number of piperidine rings is 2. The third-order valence-electron chi connectivity index (χ3n) is 5.78. The maximum atomic E-state index is 13.0. The number of aryl methyl sites for hydroxylation is 1. The minimum atomic E-state index is 0.116. The van der Waals surface area contributed by atoms with E-state index < -0.39 is 0 Å². The molecule has 7 heteroatoms. The quantitative estimate of drug-likeness (QED) is 0.803. The standard InChI is InChI=1S/C20H28N4O3/c1-15-21-19(22-27-15)12-16-6-9-24(10-7-16)20(25)17-4-2-8-23(13-17)14-18-5-3-11-26-18/h3,5,11,16-17H,2,4,6-10,12-14H2,1H3. The van der Waals surface area contributed by atoms with Gasteiger partial charge in [-0.05, 0) is 50.3 Å². The molecule has 0 aliphatic carbocycles. The molecular formula is C20H28N4O3. The summed E-state index contributed by atoms with van der Waals surface area (Å²) in [6.07, 6.45) is 6.66. The summed E-state index contributed by atoms with van der Waals surface area (Å²) in [6, 6.07) is 3.92. The van der Waals surface area contributed by atoms with Crippen LogP contribution in [-0.2, 0) is 17.8 Å². The third kappa shape index (κ3) is 4.58. The Morgan fingerprint density at radius 3 is 2.81 bits per heavy atom. The van der Waals surface area contributed by atoms with E-state index in [1.54, 1.807) is 6.26 Å². The molecule has 0 N–H and O–H groups in total. The van der Waals surface area contributed by atoms with Crippen LogP contribution in [0.2, 0.25) is 0 Å². The fraction of sp³-hybridized carbons (Fsp3) is 0.650. The zero-order chi connectivity index (χ0) is 18.6. The van der Waals surface area contributed by atoms with Crippen molar-refractivity contribution in [3.05, 3.63) is 35.9 Å². The van der Waals surface area contributed by atoms with Crippen LogP contribution in [-0.4, -0.2) is 52.0 Å². The van der Waals surface area contributed by atoms with Crippen molar-refractivity contribution in [3.8, 4) is 0 Å². The molecule has 4 heterocycles. The van der Waals surface area contributed by atoms with Crippen molar-refractivity contribution in [3.63, 3.8) is 0 Å². The molecule has 0 spiro atoms. The van der Waals surface area contributed by atoms with Gasteiger partial charge in [0.1, 0.15) is 5.76 Å². The van der Waals surface area contributed by atoms with Gasteiger partial charge in [0.25, 0.3) is 0 Å². The van der Waals surface area contributed by atoms with Crippen molar-refractivity contribution in [2.45, 2.75) is 45.6 Å². The topological polar surface area (TPSA) is 75.6 Å². The first-order chi connectivity index (χ1) is 13.2. The Morgan fingerprint density at radius 2 is 2.11 bits per heavy atom. The van der Waals surface area contributed by atoms with Gasteiger partial charge < -0.3 is 13.8 Å². The van der Waals surface area contributed by atoms with E-state index in [0.717, 1.165) is 76.4 Å². The number of furan rings is 1. The maximum absolute atomic E-state index is 13.0. The van der Waals surface area contributed by atoms with Crippen molar-refractivity contribution in [1.29, 1.82) is 0 Å². The van der Waals surface area contributed by atoms with E-state index in [2.05, 4.69) is 19.9 Å². The Bertz CT molecular complexity index is 734. The van der Waals surface area contributed by atoms with E-state index in [4.69, 9.17) is 8.94 Å². The largest absolute Gasteiger partial charge is 0.468 e. The Hall–Kier alpha value is -2.15. The monoisotopic (exact) mass is 372 g/mol. The Morgan fingerprint density at radius 1 is 1.26 bits per heavy atom. The molecule has 2 aliphatic rings. The Labute approximate surface area is 159 Å². The van der Waals surface area contributed by atoms with Gasteiger partial charge in [0.2, 0.25) is 11.8 Å². The molecule has 1 atom stereocenters. The van der Waals surface area contributed by atoms with Crippen LogP contribution in [0.15, 0.2) is 27.3 Å². The van der Waals surface area contributed by atoms with Crippen LogP contribution in [0.1, 0.15) is 43.2 Å². The number of nitrogens with zero attached hydrogens (tertiary/aromatic N) is 4. The fourth-order valence-electron chi connectivity index (χ4n) is 4.32. The third-order valence-corrected chi connectivity index (χ3v) is 5.78. The molecule has 0 aromatic carbocycles. The lowest BCUT2D eigenvalue weighted by atomic mass is 9.91. The van der Waals surface area contributed by atoms with Crippen LogP contribution in [0.4, 0.5) is 0 Å². The van der Waals surface area contributed by atoms with Crippen molar-refractivity contribution in [2.75, 3.05) is 26.2 Å². The number of hydrogen-bond donors (Lipinski definition) is 0. The number of aromatic nitrogens is 2. The molecule has 27 heavy (non-hydrogen) atoms. The second-order valence-corrected chi connectivity index (χ2v) is 7.86. The first-order valence-electron chi connectivity index (χ1n) is 10.00. The molecule has 2 aromatic heterocycles. The van der Waals surface area contributed by atoms with Gasteiger partial charge in [0.15, 0.2) is 5.82 Å². The van der Waals surface area contributed by atoms with E-state index in [1.807, 2.05) is 19.1 Å². The van der Waals surface area contributed by atoms with Crippen LogP contribution in [0, 0.1) is 18.8 Å². The molecule has 2 aliphatic heterocycles. The molecule has 0 bridgehead atoms. The first kappa shape index (κ1) is 18.2. The van der Waals surface area contributed by atoms with E-state index in [1.165, 1.54) is 0 Å². The summed E-state index contributed by atoms with van der Waals surface area (Å²) in [4.78, 5) is 21.7. The molecule has 1 unspecified atom stereocenters. The highest BCUT2D eigenvalue weighted by molar-refractivity contribution is 5.79. The average molecular weight is 372 g/mol. The van der Waals surface area contributed by atoms with Gasteiger partial charge in [-0.25, -0.2) is 0 Å². The minimum Gasteiger partial charge on any atom is -0.468 e. The molecule has 0 saturated carbocycles. The number of likely N-dealkylation sites (tertiary alicyclic amines) is 2. The predicted molar refractivity (Wildman–Crippen MR) is 98.8 cm³/mol. The summed E-state index contributed by atoms with van der Waals surface area (Å²) in [5, 5.41) is 4.00. The van der Waals surface area contributed by atoms with Gasteiger partial charge in [0, 0.05) is 33.0 Å². The molecule has 146 valence electrons. The van der Waals surface area contributed by atoms with E-state index in [-0.39, 0.29) is 5.92 Å². The fourth-order valence-corrected chi connectivity index (χ4v) is 4.32. The zero-order valence-electron chi connectivity index (χ0n) is 16.0. The highest BCUT2D eigenvalue weighted by Crippen LogP contribution is 2.25. The van der Waals surface area contributed by atoms with E-state index in [9.17, 15) is 4.79 Å². The lowest BCUT2D eigenvalue weighted by Crippen LogP contribution is -2.47. The van der Waals surface area contributed by atoms with Crippen molar-refractivity contribution >= 4 is 5.91 Å². The predicted octanol–water partition coefficient (Wildman–Crippen LogP) is 2.66. The van der Waals surface area contributed by atoms with Gasteiger partial charge in [0.05, 0.1) is 18.7 Å². The Kier molecular flexibility index (Phi) is 5.57. The lowest BCUT2D eigenvalue weighted by molar-refractivity contribution is -0.138. The van der Waals surface area contributed by atoms with Gasteiger partial charge >= 0.3 is 0 Å². The minimum absolute atomic E-state index is 0.116. The van der Waals surface area contributed by atoms with Crippen LogP contribution in [0.3, 0.4) is 0 Å². The first-order valence-corrected chi connectivity index (χ1v) is 10.00. The lowest BCUT2D eigenvalue weighted by Gasteiger charge is -2.37. The zero-order valence-corrected chi connectivity index (χ0v) is 16.0. The van der Waals surface area contributed by atoms with E-state index >= 15 is 0 Å². The smallest absolute Gasteiger partial charge is 0.226 e. The molecule has 4 rings (SSSR count). The van der Waals surface area contributed by atoms with Crippen molar-refractivity contribution in [1.82, 2.24) is 19.9 Å². The van der Waals surface area contributed by atoms with Crippen molar-refractivity contribution in [2.24, 2.45) is 11.8 Å². The number of hydrogen-bond acceptors (Lipinski definition) is 6. The summed E-state index contributed by atoms with van der Waals surface area (Å²) in [5.74, 6) is 3.36. The molecule has 1 amide bonds. The second kappa shape index (κ2) is 8.25. The highest BCUT2D eigenvalue weighted by Gasteiger charge is 2.32. The van der Waals surface area contributed by atoms with Crippen LogP contribution in [0.25, 0.3) is 0 Å². The van der Waals surface area contributed by atoms with Crippen LogP contribution < -0.4 is 0 Å². The summed E-state index contributed by atoms with van der Waals surface area (Å²) < 4.78 is 10.5.